The van der Waals surface area contributed by atoms with Gasteiger partial charge >= 0.3 is 0 Å². The normalized spacial score (nSPS) is 20.4. The molecule has 8 rings (SSSR count). The Morgan fingerprint density at radius 2 is 1.70 bits per heavy atom. The van der Waals surface area contributed by atoms with Crippen LogP contribution in [0, 0.1) is 25.1 Å². The van der Waals surface area contributed by atoms with E-state index in [1.54, 1.807) is 48.2 Å². The molecule has 1 atom stereocenters. The molecule has 4 aliphatic rings. The van der Waals surface area contributed by atoms with Crippen molar-refractivity contribution in [1.82, 2.24) is 15.2 Å². The van der Waals surface area contributed by atoms with Crippen molar-refractivity contribution < 1.29 is 23.5 Å². The van der Waals surface area contributed by atoms with Crippen LogP contribution in [0.2, 0.25) is 0 Å². The zero-order chi connectivity index (χ0) is 37.8. The number of para-hydroxylation sites is 1. The second-order valence-corrected chi connectivity index (χ2v) is 16.1. The number of hydrogen-bond donors (Lipinski definition) is 3. The van der Waals surface area contributed by atoms with Gasteiger partial charge in [-0.15, -0.1) is 11.3 Å². The van der Waals surface area contributed by atoms with Crippen LogP contribution in [0.15, 0.2) is 84.1 Å². The van der Waals surface area contributed by atoms with Crippen molar-refractivity contribution in [1.29, 1.82) is 0 Å². The smallest absolute Gasteiger partial charge is 0.265 e. The number of amides is 3. The molecule has 0 saturated carbocycles. The van der Waals surface area contributed by atoms with Gasteiger partial charge in [-0.05, 0) is 119 Å². The Hall–Kier alpha value is -5.17. The molecule has 2 saturated heterocycles. The molecule has 0 radical (unpaired) electrons. The number of ether oxygens (including phenoxy) is 1. The Morgan fingerprint density at radius 1 is 0.944 bits per heavy atom. The van der Waals surface area contributed by atoms with Crippen LogP contribution >= 0.6 is 11.3 Å². The lowest BCUT2D eigenvalue weighted by atomic mass is 9.71. The van der Waals surface area contributed by atoms with E-state index in [4.69, 9.17) is 9.72 Å². The lowest BCUT2D eigenvalue weighted by Gasteiger charge is -2.59. The average molecular weight is 747 g/mol. The maximum atomic E-state index is 14.5. The Balaban J connectivity index is 0.985. The molecule has 6 heterocycles. The number of fused-ring (bicyclic) bond motifs is 3. The topological polar surface area (TPSA) is 116 Å². The number of aryl methyl sites for hydroxylation is 2. The molecule has 1 unspecified atom stereocenters. The van der Waals surface area contributed by atoms with Gasteiger partial charge in [0.1, 0.15) is 17.2 Å². The lowest BCUT2D eigenvalue weighted by Crippen LogP contribution is -2.71. The van der Waals surface area contributed by atoms with Gasteiger partial charge < -0.3 is 25.6 Å². The van der Waals surface area contributed by atoms with E-state index in [1.807, 2.05) is 44.2 Å². The summed E-state index contributed by atoms with van der Waals surface area (Å²) in [5, 5.41) is 9.38. The molecule has 12 heteroatoms. The Bertz CT molecular complexity index is 2210. The highest BCUT2D eigenvalue weighted by Gasteiger charge is 2.53. The third-order valence-corrected chi connectivity index (χ3v) is 12.4. The van der Waals surface area contributed by atoms with Crippen LogP contribution in [-0.2, 0) is 16.0 Å². The number of allylic oxidation sites excluding steroid dienone is 3. The van der Waals surface area contributed by atoms with Gasteiger partial charge in [0.2, 0.25) is 0 Å². The van der Waals surface area contributed by atoms with Crippen molar-refractivity contribution in [2.45, 2.75) is 52.6 Å². The summed E-state index contributed by atoms with van der Waals surface area (Å²) >= 11 is 1.28. The molecule has 2 fully saturated rings. The molecule has 4 aliphatic heterocycles. The summed E-state index contributed by atoms with van der Waals surface area (Å²) in [5.41, 5.74) is 6.02. The summed E-state index contributed by atoms with van der Waals surface area (Å²) < 4.78 is 20.1. The van der Waals surface area contributed by atoms with Crippen LogP contribution in [0.5, 0.6) is 0 Å². The minimum absolute atomic E-state index is 0.159. The first-order chi connectivity index (χ1) is 25.9. The second-order valence-electron chi connectivity index (χ2n) is 15.0. The molecule has 10 nitrogen and oxygen atoms in total. The highest BCUT2D eigenvalue weighted by Crippen LogP contribution is 2.45. The number of likely N-dealkylation sites (tertiary alicyclic amines) is 1. The van der Waals surface area contributed by atoms with Gasteiger partial charge in [0, 0.05) is 60.9 Å². The quantitative estimate of drug-likeness (QED) is 0.191. The van der Waals surface area contributed by atoms with Crippen molar-refractivity contribution in [3.8, 4) is 10.6 Å². The van der Waals surface area contributed by atoms with Crippen LogP contribution in [0.4, 0.5) is 21.5 Å². The van der Waals surface area contributed by atoms with Crippen molar-refractivity contribution in [3.05, 3.63) is 117 Å². The predicted octanol–water partition coefficient (Wildman–Crippen LogP) is 7.22. The number of carbonyl (C=O) groups is 3. The Labute approximate surface area is 318 Å². The van der Waals surface area contributed by atoms with Crippen LogP contribution < -0.4 is 20.9 Å². The minimum atomic E-state index is -0.653. The second kappa shape index (κ2) is 13.9. The summed E-state index contributed by atoms with van der Waals surface area (Å²) in [6, 6.07) is 17.2. The first-order valence-electron chi connectivity index (χ1n) is 18.3. The zero-order valence-electron chi connectivity index (χ0n) is 30.8. The number of benzene rings is 2. The van der Waals surface area contributed by atoms with Crippen LogP contribution in [0.3, 0.4) is 0 Å². The number of thiophene rings is 1. The molecule has 54 heavy (non-hydrogen) atoms. The van der Waals surface area contributed by atoms with E-state index < -0.39 is 17.4 Å². The van der Waals surface area contributed by atoms with Crippen molar-refractivity contribution in [3.63, 3.8) is 0 Å². The number of carbonyl (C=O) groups excluding carboxylic acids is 3. The standard InChI is InChI=1S/C42H43FN6O4S/c1-25-6-5-7-32(43)35(25)46-39(51)34-22-29-16-19-49(33-15-9-26(2)44-36(33)37(29)54-34)40(52)28-10-12-30(13-11-28)45-38(50)31-14-8-27(3)47-41(31,4)48-23-42(24-48)17-20-53-21-18-42/h5-15,22,47H,16-21,23-24H2,1-4H3,(H,45,50)(H,46,51). The zero-order valence-corrected chi connectivity index (χ0v) is 31.7. The number of nitrogens with one attached hydrogen (secondary N) is 3. The average Bonchev–Trinajstić information content (AvgIpc) is 3.51. The summed E-state index contributed by atoms with van der Waals surface area (Å²) in [6.45, 7) is 11.5. The molecular formula is C42H43FN6O4S. The predicted molar refractivity (Wildman–Crippen MR) is 209 cm³/mol. The number of pyridine rings is 1. The highest BCUT2D eigenvalue weighted by atomic mass is 32.1. The third kappa shape index (κ3) is 6.52. The van der Waals surface area contributed by atoms with Crippen molar-refractivity contribution >= 4 is 46.1 Å². The molecule has 278 valence electrons. The van der Waals surface area contributed by atoms with Gasteiger partial charge in [-0.1, -0.05) is 12.1 Å². The first-order valence-corrected chi connectivity index (χ1v) is 19.2. The lowest BCUT2D eigenvalue weighted by molar-refractivity contribution is -0.128. The third-order valence-electron chi connectivity index (χ3n) is 11.2. The SMILES string of the molecule is CC1=CC=C(C(=O)Nc2ccc(C(=O)N3CCc4cc(C(=O)Nc5c(C)cccc5F)sc4-c4nc(C)ccc43)cc2)C(C)(N2CC3(CCOCC3)C2)N1. The fourth-order valence-corrected chi connectivity index (χ4v) is 9.15. The molecule has 0 bridgehead atoms. The van der Waals surface area contributed by atoms with E-state index in [0.717, 1.165) is 61.0 Å². The fraction of sp³-hybridized carbons (Fsp3) is 0.333. The maximum Gasteiger partial charge on any atom is 0.265 e. The van der Waals surface area contributed by atoms with Crippen molar-refractivity contribution in [2.75, 3.05) is 48.4 Å². The van der Waals surface area contributed by atoms with E-state index in [9.17, 15) is 18.8 Å². The van der Waals surface area contributed by atoms with E-state index in [2.05, 4.69) is 27.8 Å². The number of dihydropyridines is 1. The fourth-order valence-electron chi connectivity index (χ4n) is 8.05. The molecular weight excluding hydrogens is 704 g/mol. The Morgan fingerprint density at radius 3 is 2.44 bits per heavy atom. The summed E-state index contributed by atoms with van der Waals surface area (Å²) in [6.07, 6.45) is 6.40. The molecule has 0 aliphatic carbocycles. The molecule has 3 amide bonds. The number of anilines is 3. The summed E-state index contributed by atoms with van der Waals surface area (Å²) in [4.78, 5) is 51.4. The molecule has 1 spiro atoms. The van der Waals surface area contributed by atoms with E-state index in [0.29, 0.717) is 51.6 Å². The van der Waals surface area contributed by atoms with E-state index >= 15 is 0 Å². The van der Waals surface area contributed by atoms with Gasteiger partial charge in [-0.3, -0.25) is 24.3 Å². The molecule has 4 aromatic rings. The molecule has 3 N–H and O–H groups in total. The number of nitrogens with zero attached hydrogens (tertiary/aromatic N) is 3. The number of rotatable bonds is 6. The number of aromatic nitrogens is 1. The van der Waals surface area contributed by atoms with E-state index in [1.165, 1.54) is 17.4 Å². The number of halogens is 1. The van der Waals surface area contributed by atoms with Gasteiger partial charge in [0.05, 0.1) is 26.7 Å². The minimum Gasteiger partial charge on any atom is -0.381 e. The van der Waals surface area contributed by atoms with Crippen LogP contribution in [0.25, 0.3) is 10.6 Å². The Kier molecular flexibility index (Phi) is 9.23. The summed E-state index contributed by atoms with van der Waals surface area (Å²) in [5.74, 6) is -1.29. The van der Waals surface area contributed by atoms with Gasteiger partial charge in [0.15, 0.2) is 0 Å². The van der Waals surface area contributed by atoms with Gasteiger partial charge in [-0.25, -0.2) is 4.39 Å². The van der Waals surface area contributed by atoms with Gasteiger partial charge in [-0.2, -0.15) is 0 Å². The molecule has 2 aromatic heterocycles. The largest absolute Gasteiger partial charge is 0.381 e. The maximum absolute atomic E-state index is 14.5. The summed E-state index contributed by atoms with van der Waals surface area (Å²) in [7, 11) is 0. The van der Waals surface area contributed by atoms with Crippen LogP contribution in [0.1, 0.15) is 63.5 Å². The molecule has 2 aromatic carbocycles. The van der Waals surface area contributed by atoms with E-state index in [-0.39, 0.29) is 22.9 Å². The monoisotopic (exact) mass is 746 g/mol. The van der Waals surface area contributed by atoms with Crippen LogP contribution in [-0.4, -0.2) is 66.1 Å². The highest BCUT2D eigenvalue weighted by molar-refractivity contribution is 7.17. The van der Waals surface area contributed by atoms with Gasteiger partial charge in [0.25, 0.3) is 17.7 Å². The first kappa shape index (κ1) is 35.8. The number of hydrogen-bond acceptors (Lipinski definition) is 8. The van der Waals surface area contributed by atoms with Crippen molar-refractivity contribution in [2.24, 2.45) is 5.41 Å².